The maximum absolute atomic E-state index is 2.28. The summed E-state index contributed by atoms with van der Waals surface area (Å²) >= 11 is 0. The minimum Gasteiger partial charge on any atom is -1.00 e. The molecule has 1 aliphatic rings. The summed E-state index contributed by atoms with van der Waals surface area (Å²) in [6, 6.07) is 0. The average Bonchev–Trinajstić information content (AvgIpc) is 2.85. The lowest BCUT2D eigenvalue weighted by atomic mass is 10.1. The Balaban J connectivity index is 0.00000289. The Hall–Kier alpha value is -0.270. The minimum atomic E-state index is 0. The van der Waals surface area contributed by atoms with Crippen molar-refractivity contribution in [2.24, 2.45) is 0 Å². The molecule has 0 aromatic heterocycles. The molecule has 1 nitrogen and oxygen atoms in total. The van der Waals surface area contributed by atoms with Crippen molar-refractivity contribution in [1.29, 1.82) is 0 Å². The zero-order valence-electron chi connectivity index (χ0n) is 12.0. The van der Waals surface area contributed by atoms with Crippen LogP contribution in [0, 0.1) is 0 Å². The molecule has 0 atom stereocenters. The van der Waals surface area contributed by atoms with E-state index in [1.54, 1.807) is 0 Å². The number of quaternary nitrogens is 1. The van der Waals surface area contributed by atoms with Crippen molar-refractivity contribution in [3.63, 3.8) is 0 Å². The fourth-order valence-corrected chi connectivity index (χ4v) is 2.40. The van der Waals surface area contributed by atoms with Crippen LogP contribution >= 0.6 is 0 Å². The molecule has 18 heavy (non-hydrogen) atoms. The number of nitrogens with one attached hydrogen (secondary N) is 1. The summed E-state index contributed by atoms with van der Waals surface area (Å²) in [6.07, 6.45) is 23.1. The van der Waals surface area contributed by atoms with E-state index in [9.17, 15) is 0 Å². The fraction of sp³-hybridized carbons (Fsp3) is 0.750. The average molecular weight is 272 g/mol. The molecular formula is C16H30ClN. The standard InChI is InChI=1S/C16H29N.ClH/c1-2-3-4-5-6-7-8-9-10-11-14-17-15-12-13-16-17;/h12-13,15-16H,2-11,14H2,1H3;1H. The molecule has 0 unspecified atom stereocenters. The van der Waals surface area contributed by atoms with Crippen LogP contribution in [0.2, 0.25) is 0 Å². The van der Waals surface area contributed by atoms with Gasteiger partial charge in [0.25, 0.3) is 0 Å². The van der Waals surface area contributed by atoms with Crippen LogP contribution in [-0.2, 0) is 0 Å². The second-order valence-corrected chi connectivity index (χ2v) is 5.23. The van der Waals surface area contributed by atoms with E-state index in [-0.39, 0.29) is 12.4 Å². The van der Waals surface area contributed by atoms with E-state index in [1.807, 2.05) is 0 Å². The third-order valence-electron chi connectivity index (χ3n) is 3.55. The van der Waals surface area contributed by atoms with Crippen molar-refractivity contribution in [3.8, 4) is 0 Å². The van der Waals surface area contributed by atoms with Gasteiger partial charge in [-0.2, -0.15) is 0 Å². The van der Waals surface area contributed by atoms with Crippen molar-refractivity contribution in [2.45, 2.75) is 71.1 Å². The van der Waals surface area contributed by atoms with Gasteiger partial charge in [-0.25, -0.2) is 0 Å². The van der Waals surface area contributed by atoms with Gasteiger partial charge in [0, 0.05) is 0 Å². The van der Waals surface area contributed by atoms with Crippen molar-refractivity contribution in [3.05, 3.63) is 24.6 Å². The first kappa shape index (κ1) is 17.7. The predicted molar refractivity (Wildman–Crippen MR) is 76.0 cm³/mol. The molecule has 0 aromatic carbocycles. The quantitative estimate of drug-likeness (QED) is 0.531. The van der Waals surface area contributed by atoms with Gasteiger partial charge in [-0.3, -0.25) is 4.90 Å². The Bertz CT molecular complexity index is 211. The number of allylic oxidation sites excluding steroid dienone is 2. The smallest absolute Gasteiger partial charge is 0.0990 e. The minimum absolute atomic E-state index is 0. The van der Waals surface area contributed by atoms with Gasteiger partial charge < -0.3 is 12.4 Å². The second kappa shape index (κ2) is 13.2. The molecule has 1 heterocycles. The van der Waals surface area contributed by atoms with Gasteiger partial charge in [0.2, 0.25) is 0 Å². The predicted octanol–water partition coefficient (Wildman–Crippen LogP) is 0.837. The van der Waals surface area contributed by atoms with E-state index in [2.05, 4.69) is 31.5 Å². The number of halogens is 1. The van der Waals surface area contributed by atoms with Crippen molar-refractivity contribution in [1.82, 2.24) is 0 Å². The normalized spacial score (nSPS) is 14.1. The molecule has 0 amide bonds. The number of hydrogen-bond donors (Lipinski definition) is 1. The van der Waals surface area contributed by atoms with E-state index in [4.69, 9.17) is 0 Å². The third kappa shape index (κ3) is 9.73. The maximum atomic E-state index is 2.28. The van der Waals surface area contributed by atoms with Crippen LogP contribution in [0.1, 0.15) is 71.1 Å². The van der Waals surface area contributed by atoms with Crippen LogP contribution in [0.3, 0.4) is 0 Å². The Morgan fingerprint density at radius 1 is 0.667 bits per heavy atom. The molecule has 1 N–H and O–H groups in total. The van der Waals surface area contributed by atoms with Crippen molar-refractivity contribution < 1.29 is 17.3 Å². The summed E-state index contributed by atoms with van der Waals surface area (Å²) < 4.78 is 0. The zero-order chi connectivity index (χ0) is 12.2. The zero-order valence-corrected chi connectivity index (χ0v) is 12.7. The molecule has 1 rings (SSSR count). The highest BCUT2D eigenvalue weighted by Crippen LogP contribution is 2.09. The van der Waals surface area contributed by atoms with Crippen molar-refractivity contribution in [2.75, 3.05) is 6.54 Å². The first-order valence-electron chi connectivity index (χ1n) is 7.64. The molecule has 0 radical (unpaired) electrons. The Morgan fingerprint density at radius 2 is 1.11 bits per heavy atom. The second-order valence-electron chi connectivity index (χ2n) is 5.23. The highest BCUT2D eigenvalue weighted by molar-refractivity contribution is 5.00. The summed E-state index contributed by atoms with van der Waals surface area (Å²) in [7, 11) is 0. The van der Waals surface area contributed by atoms with Crippen LogP contribution in [0.4, 0.5) is 0 Å². The van der Waals surface area contributed by atoms with E-state index in [0.717, 1.165) is 0 Å². The van der Waals surface area contributed by atoms with Crippen LogP contribution in [0.25, 0.3) is 0 Å². The van der Waals surface area contributed by atoms with Crippen LogP contribution in [0.5, 0.6) is 0 Å². The first-order chi connectivity index (χ1) is 8.43. The first-order valence-corrected chi connectivity index (χ1v) is 7.64. The molecule has 0 aromatic rings. The monoisotopic (exact) mass is 271 g/mol. The van der Waals surface area contributed by atoms with E-state index >= 15 is 0 Å². The highest BCUT2D eigenvalue weighted by atomic mass is 35.5. The van der Waals surface area contributed by atoms with Gasteiger partial charge in [-0.1, -0.05) is 58.3 Å². The van der Waals surface area contributed by atoms with Crippen molar-refractivity contribution >= 4 is 0 Å². The Kier molecular flexibility index (Phi) is 13.0. The summed E-state index contributed by atoms with van der Waals surface area (Å²) in [6.45, 7) is 3.57. The Morgan fingerprint density at radius 3 is 1.61 bits per heavy atom. The van der Waals surface area contributed by atoms with Gasteiger partial charge in [0.1, 0.15) is 0 Å². The number of unbranched alkanes of at least 4 members (excludes halogenated alkanes) is 9. The molecule has 106 valence electrons. The van der Waals surface area contributed by atoms with Gasteiger partial charge in [-0.15, -0.1) is 0 Å². The Labute approximate surface area is 120 Å². The fourth-order valence-electron chi connectivity index (χ4n) is 2.40. The molecule has 0 aliphatic carbocycles. The lowest BCUT2D eigenvalue weighted by Crippen LogP contribution is -3.01. The topological polar surface area (TPSA) is 4.44 Å². The summed E-state index contributed by atoms with van der Waals surface area (Å²) in [5, 5.41) is 0. The highest BCUT2D eigenvalue weighted by Gasteiger charge is 2.02. The van der Waals surface area contributed by atoms with Gasteiger partial charge in [0.05, 0.1) is 18.9 Å². The third-order valence-corrected chi connectivity index (χ3v) is 3.55. The van der Waals surface area contributed by atoms with Gasteiger partial charge >= 0.3 is 0 Å². The summed E-state index contributed by atoms with van der Waals surface area (Å²) in [5.74, 6) is 0. The molecule has 1 aliphatic heterocycles. The van der Waals surface area contributed by atoms with Crippen LogP contribution < -0.4 is 17.3 Å². The lowest BCUT2D eigenvalue weighted by molar-refractivity contribution is -0.787. The largest absolute Gasteiger partial charge is 1.00 e. The molecule has 0 saturated carbocycles. The van der Waals surface area contributed by atoms with E-state index < -0.39 is 0 Å². The summed E-state index contributed by atoms with van der Waals surface area (Å²) in [4.78, 5) is 1.52. The molecular weight excluding hydrogens is 242 g/mol. The van der Waals surface area contributed by atoms with Gasteiger partial charge in [-0.05, 0) is 25.0 Å². The molecule has 2 heteroatoms. The van der Waals surface area contributed by atoms with E-state index in [0.29, 0.717) is 0 Å². The lowest BCUT2D eigenvalue weighted by Gasteiger charge is -2.06. The van der Waals surface area contributed by atoms with Gasteiger partial charge in [0.15, 0.2) is 0 Å². The van der Waals surface area contributed by atoms with E-state index in [1.165, 1.54) is 75.7 Å². The molecule has 0 bridgehead atoms. The SMILES string of the molecule is CCCCCCCCCCCC[NH+]1C=CC=C1.[Cl-]. The molecule has 0 spiro atoms. The number of hydrogen-bond acceptors (Lipinski definition) is 0. The molecule has 0 saturated heterocycles. The van der Waals surface area contributed by atoms with Crippen LogP contribution in [0.15, 0.2) is 24.6 Å². The number of rotatable bonds is 11. The summed E-state index contributed by atoms with van der Waals surface area (Å²) in [5.41, 5.74) is 0. The van der Waals surface area contributed by atoms with Crippen LogP contribution in [-0.4, -0.2) is 6.54 Å². The maximum Gasteiger partial charge on any atom is 0.0990 e. The molecule has 0 fully saturated rings.